The van der Waals surface area contributed by atoms with Crippen LogP contribution >= 0.6 is 24.8 Å². The van der Waals surface area contributed by atoms with Crippen molar-refractivity contribution >= 4 is 30.0 Å². The Morgan fingerprint density at radius 3 is 2.88 bits per heavy atom. The van der Waals surface area contributed by atoms with E-state index in [0.717, 1.165) is 12.8 Å². The van der Waals surface area contributed by atoms with Crippen molar-refractivity contribution in [2.24, 2.45) is 4.99 Å². The van der Waals surface area contributed by atoms with Gasteiger partial charge in [-0.25, -0.2) is 4.99 Å². The highest BCUT2D eigenvalue weighted by atomic mass is 32.1. The molecule has 1 nitrogen and oxygen atoms in total. The number of hydrogen-bond acceptors (Lipinski definition) is 3. The largest absolute Gasteiger partial charge is 0.218 e. The van der Waals surface area contributed by atoms with Crippen LogP contribution in [0.2, 0.25) is 0 Å². The highest BCUT2D eigenvalue weighted by Crippen LogP contribution is 2.03. The average Bonchev–Trinajstić information content (AvgIpc) is 1.68. The van der Waals surface area contributed by atoms with Crippen LogP contribution in [0.5, 0.6) is 0 Å². The Hall–Kier alpha value is 0.150. The lowest BCUT2D eigenvalue weighted by atomic mass is 10.3. The Labute approximate surface area is 60.6 Å². The van der Waals surface area contributed by atoms with Gasteiger partial charge in [0.2, 0.25) is 0 Å². The molecule has 1 atom stereocenters. The van der Waals surface area contributed by atoms with E-state index in [-0.39, 0.29) is 5.37 Å². The SMILES string of the molecule is CCCC(S)N=C=S. The van der Waals surface area contributed by atoms with Crippen LogP contribution in [0.4, 0.5) is 0 Å². The van der Waals surface area contributed by atoms with Crippen molar-refractivity contribution in [2.45, 2.75) is 25.1 Å². The van der Waals surface area contributed by atoms with E-state index in [1.165, 1.54) is 0 Å². The summed E-state index contributed by atoms with van der Waals surface area (Å²) in [5.41, 5.74) is 0. The van der Waals surface area contributed by atoms with Gasteiger partial charge in [-0.15, -0.1) is 0 Å². The minimum absolute atomic E-state index is 0.0671. The molecule has 0 fully saturated rings. The monoisotopic (exact) mass is 147 g/mol. The molecular formula is C5H9NS2. The van der Waals surface area contributed by atoms with Crippen LogP contribution in [0.1, 0.15) is 19.8 Å². The molecule has 0 bridgehead atoms. The second-order valence-corrected chi connectivity index (χ2v) is 2.27. The van der Waals surface area contributed by atoms with Crippen LogP contribution in [-0.2, 0) is 0 Å². The molecule has 0 aromatic rings. The minimum Gasteiger partial charge on any atom is -0.218 e. The maximum Gasteiger partial charge on any atom is 0.103 e. The number of nitrogens with zero attached hydrogens (tertiary/aromatic N) is 1. The Kier molecular flexibility index (Phi) is 5.39. The molecule has 8 heavy (non-hydrogen) atoms. The van der Waals surface area contributed by atoms with Crippen LogP contribution in [0.15, 0.2) is 4.99 Å². The van der Waals surface area contributed by atoms with Gasteiger partial charge in [-0.05, 0) is 18.6 Å². The fourth-order valence-electron chi connectivity index (χ4n) is 0.384. The average molecular weight is 147 g/mol. The van der Waals surface area contributed by atoms with Gasteiger partial charge in [0.25, 0.3) is 0 Å². The van der Waals surface area contributed by atoms with E-state index >= 15 is 0 Å². The van der Waals surface area contributed by atoms with Gasteiger partial charge in [-0.1, -0.05) is 13.3 Å². The number of rotatable bonds is 3. The molecule has 1 unspecified atom stereocenters. The zero-order valence-electron chi connectivity index (χ0n) is 4.79. The van der Waals surface area contributed by atoms with Crippen molar-refractivity contribution in [3.8, 4) is 0 Å². The molecule has 0 spiro atoms. The molecule has 0 radical (unpaired) electrons. The standard InChI is InChI=1S/C5H9NS2/c1-2-3-5(8)6-4-7/h5,8H,2-3H2,1H3. The highest BCUT2D eigenvalue weighted by molar-refractivity contribution is 7.81. The summed E-state index contributed by atoms with van der Waals surface area (Å²) in [4.78, 5) is 3.74. The van der Waals surface area contributed by atoms with Crippen LogP contribution < -0.4 is 0 Å². The predicted molar refractivity (Wildman–Crippen MR) is 42.7 cm³/mol. The van der Waals surface area contributed by atoms with Gasteiger partial charge in [0, 0.05) is 0 Å². The van der Waals surface area contributed by atoms with E-state index in [0.29, 0.717) is 0 Å². The fraction of sp³-hybridized carbons (Fsp3) is 0.800. The molecule has 3 heteroatoms. The first-order valence-corrected chi connectivity index (χ1v) is 3.48. The van der Waals surface area contributed by atoms with E-state index in [1.807, 2.05) is 0 Å². The van der Waals surface area contributed by atoms with Gasteiger partial charge < -0.3 is 0 Å². The van der Waals surface area contributed by atoms with E-state index in [4.69, 9.17) is 0 Å². The molecule has 0 saturated heterocycles. The van der Waals surface area contributed by atoms with Crippen molar-refractivity contribution < 1.29 is 0 Å². The normalized spacial score (nSPS) is 12.2. The van der Waals surface area contributed by atoms with Gasteiger partial charge in [0.1, 0.15) is 5.37 Å². The van der Waals surface area contributed by atoms with Gasteiger partial charge in [0.05, 0.1) is 5.16 Å². The lowest BCUT2D eigenvalue weighted by Crippen LogP contribution is -1.89. The van der Waals surface area contributed by atoms with Crippen LogP contribution in [-0.4, -0.2) is 10.5 Å². The predicted octanol–water partition coefficient (Wildman–Crippen LogP) is 2.15. The maximum atomic E-state index is 4.38. The third-order valence-corrected chi connectivity index (χ3v) is 1.23. The van der Waals surface area contributed by atoms with Gasteiger partial charge >= 0.3 is 0 Å². The van der Waals surface area contributed by atoms with Crippen LogP contribution in [0, 0.1) is 0 Å². The van der Waals surface area contributed by atoms with Crippen molar-refractivity contribution in [1.82, 2.24) is 0 Å². The molecule has 0 saturated carbocycles. The molecule has 0 N–H and O–H groups in total. The zero-order valence-corrected chi connectivity index (χ0v) is 6.51. The summed E-state index contributed by atoms with van der Waals surface area (Å²) in [6, 6.07) is 0. The first-order chi connectivity index (χ1) is 3.81. The van der Waals surface area contributed by atoms with Crippen LogP contribution in [0.3, 0.4) is 0 Å². The summed E-state index contributed by atoms with van der Waals surface area (Å²) >= 11 is 8.47. The summed E-state index contributed by atoms with van der Waals surface area (Å²) < 4.78 is 0. The molecule has 0 aromatic carbocycles. The summed E-state index contributed by atoms with van der Waals surface area (Å²) in [6.45, 7) is 2.09. The lowest BCUT2D eigenvalue weighted by Gasteiger charge is -1.96. The number of thiocarbonyl (C=S) groups is 1. The lowest BCUT2D eigenvalue weighted by molar-refractivity contribution is 0.774. The topological polar surface area (TPSA) is 12.4 Å². The second-order valence-electron chi connectivity index (χ2n) is 1.49. The fourth-order valence-corrected chi connectivity index (χ4v) is 0.905. The second kappa shape index (κ2) is 5.29. The molecule has 46 valence electrons. The van der Waals surface area contributed by atoms with Crippen LogP contribution in [0.25, 0.3) is 0 Å². The van der Waals surface area contributed by atoms with E-state index in [2.05, 4.69) is 41.9 Å². The molecular weight excluding hydrogens is 138 g/mol. The number of isothiocyanates is 1. The first-order valence-electron chi connectivity index (χ1n) is 2.56. The van der Waals surface area contributed by atoms with E-state index < -0.39 is 0 Å². The molecule has 0 aromatic heterocycles. The van der Waals surface area contributed by atoms with Crippen molar-refractivity contribution in [2.75, 3.05) is 0 Å². The third kappa shape index (κ3) is 4.31. The summed E-state index contributed by atoms with van der Waals surface area (Å²) in [7, 11) is 0. The van der Waals surface area contributed by atoms with E-state index in [1.54, 1.807) is 0 Å². The van der Waals surface area contributed by atoms with Gasteiger partial charge in [-0.3, -0.25) is 0 Å². The minimum atomic E-state index is 0.0671. The molecule has 0 amide bonds. The molecule has 0 heterocycles. The number of aliphatic imine (C=N–C) groups is 1. The zero-order chi connectivity index (χ0) is 6.41. The summed E-state index contributed by atoms with van der Waals surface area (Å²) in [5, 5.41) is 2.35. The Morgan fingerprint density at radius 2 is 2.50 bits per heavy atom. The Balaban J connectivity index is 3.31. The van der Waals surface area contributed by atoms with E-state index in [9.17, 15) is 0 Å². The van der Waals surface area contributed by atoms with Gasteiger partial charge in [0.15, 0.2) is 0 Å². The molecule has 0 aliphatic heterocycles. The number of thiol groups is 1. The Bertz CT molecular complexity index is 96.6. The smallest absolute Gasteiger partial charge is 0.103 e. The molecule has 0 aliphatic rings. The Morgan fingerprint density at radius 1 is 1.88 bits per heavy atom. The summed E-state index contributed by atoms with van der Waals surface area (Å²) in [6.07, 6.45) is 2.07. The molecule has 0 rings (SSSR count). The quantitative estimate of drug-likeness (QED) is 0.366. The van der Waals surface area contributed by atoms with Crippen molar-refractivity contribution in [3.05, 3.63) is 0 Å². The molecule has 0 aliphatic carbocycles. The van der Waals surface area contributed by atoms with Crippen molar-refractivity contribution in [1.29, 1.82) is 0 Å². The first kappa shape index (κ1) is 8.15. The van der Waals surface area contributed by atoms with Gasteiger partial charge in [-0.2, -0.15) is 12.6 Å². The summed E-state index contributed by atoms with van der Waals surface area (Å²) in [5.74, 6) is 0. The van der Waals surface area contributed by atoms with Crippen molar-refractivity contribution in [3.63, 3.8) is 0 Å². The number of hydrogen-bond donors (Lipinski definition) is 1. The third-order valence-electron chi connectivity index (χ3n) is 0.749. The maximum absolute atomic E-state index is 4.38. The highest BCUT2D eigenvalue weighted by Gasteiger charge is 1.93.